The number of aromatic nitrogens is 1. The largest absolute Gasteiger partial charge is 0.390 e. The van der Waals surface area contributed by atoms with E-state index in [-0.39, 0.29) is 5.91 Å². The van der Waals surface area contributed by atoms with Crippen molar-refractivity contribution in [2.75, 3.05) is 25.5 Å². The summed E-state index contributed by atoms with van der Waals surface area (Å²) in [5.41, 5.74) is 0.698. The van der Waals surface area contributed by atoms with E-state index in [2.05, 4.69) is 10.3 Å². The normalized spacial score (nSPS) is 18.5. The zero-order valence-electron chi connectivity index (χ0n) is 10.8. The summed E-state index contributed by atoms with van der Waals surface area (Å²) >= 11 is 0. The lowest BCUT2D eigenvalue weighted by Crippen LogP contribution is -2.45. The molecule has 0 radical (unpaired) electrons. The molecule has 18 heavy (non-hydrogen) atoms. The van der Waals surface area contributed by atoms with Gasteiger partial charge >= 0.3 is 0 Å². The third-order valence-corrected chi connectivity index (χ3v) is 3.40. The number of piperidine rings is 1. The molecule has 1 aliphatic heterocycles. The maximum atomic E-state index is 12.2. The number of hydrogen-bond acceptors (Lipinski definition) is 4. The van der Waals surface area contributed by atoms with Gasteiger partial charge in [0.1, 0.15) is 5.69 Å². The van der Waals surface area contributed by atoms with Crippen LogP contribution in [-0.2, 0) is 0 Å². The summed E-state index contributed by atoms with van der Waals surface area (Å²) in [4.78, 5) is 18.1. The van der Waals surface area contributed by atoms with Gasteiger partial charge < -0.3 is 15.3 Å². The van der Waals surface area contributed by atoms with Crippen molar-refractivity contribution in [3.8, 4) is 0 Å². The Kier molecular flexibility index (Phi) is 3.52. The van der Waals surface area contributed by atoms with E-state index in [0.717, 1.165) is 5.69 Å². The van der Waals surface area contributed by atoms with Gasteiger partial charge in [0.15, 0.2) is 0 Å². The molecule has 0 aromatic carbocycles. The van der Waals surface area contributed by atoms with Crippen molar-refractivity contribution in [3.05, 3.63) is 24.0 Å². The molecule has 1 aromatic heterocycles. The quantitative estimate of drug-likeness (QED) is 0.824. The topological polar surface area (TPSA) is 65.5 Å². The molecule has 98 valence electrons. The third-order valence-electron chi connectivity index (χ3n) is 3.40. The second-order valence-electron chi connectivity index (χ2n) is 4.97. The Morgan fingerprint density at radius 2 is 2.11 bits per heavy atom. The van der Waals surface area contributed by atoms with Crippen LogP contribution in [0.25, 0.3) is 0 Å². The summed E-state index contributed by atoms with van der Waals surface area (Å²) in [5, 5.41) is 12.8. The van der Waals surface area contributed by atoms with Crippen LogP contribution in [0.1, 0.15) is 30.3 Å². The molecule has 0 saturated carbocycles. The first-order valence-corrected chi connectivity index (χ1v) is 6.17. The van der Waals surface area contributed by atoms with Crippen molar-refractivity contribution in [1.29, 1.82) is 0 Å². The van der Waals surface area contributed by atoms with Gasteiger partial charge in [-0.2, -0.15) is 0 Å². The summed E-state index contributed by atoms with van der Waals surface area (Å²) in [7, 11) is 1.81. The molecule has 1 fully saturated rings. The average Bonchev–Trinajstić information content (AvgIpc) is 2.38. The number of pyridine rings is 1. The monoisotopic (exact) mass is 249 g/mol. The predicted molar refractivity (Wildman–Crippen MR) is 69.5 cm³/mol. The highest BCUT2D eigenvalue weighted by atomic mass is 16.3. The molecule has 0 unspecified atom stereocenters. The number of hydrogen-bond donors (Lipinski definition) is 2. The summed E-state index contributed by atoms with van der Waals surface area (Å²) in [5.74, 6) is -0.0619. The van der Waals surface area contributed by atoms with Gasteiger partial charge in [0.25, 0.3) is 5.91 Å². The van der Waals surface area contributed by atoms with Gasteiger partial charge in [-0.1, -0.05) is 0 Å². The SMILES string of the molecule is CNc1ccc(C(=O)N2CCC(C)(O)CC2)nc1. The van der Waals surface area contributed by atoms with Crippen molar-refractivity contribution >= 4 is 11.6 Å². The minimum atomic E-state index is -0.639. The number of aliphatic hydroxyl groups is 1. The molecular weight excluding hydrogens is 230 g/mol. The molecule has 0 bridgehead atoms. The average molecular weight is 249 g/mol. The van der Waals surface area contributed by atoms with Gasteiger partial charge in [0, 0.05) is 20.1 Å². The number of carbonyl (C=O) groups is 1. The molecule has 2 N–H and O–H groups in total. The highest BCUT2D eigenvalue weighted by Gasteiger charge is 2.30. The summed E-state index contributed by atoms with van der Waals surface area (Å²) in [6.45, 7) is 2.98. The number of rotatable bonds is 2. The van der Waals surface area contributed by atoms with Gasteiger partial charge in [-0.05, 0) is 31.9 Å². The third kappa shape index (κ3) is 2.79. The maximum absolute atomic E-state index is 12.2. The lowest BCUT2D eigenvalue weighted by atomic mass is 9.94. The van der Waals surface area contributed by atoms with E-state index in [1.807, 2.05) is 20.0 Å². The number of anilines is 1. The van der Waals surface area contributed by atoms with Crippen LogP contribution in [-0.4, -0.2) is 46.6 Å². The van der Waals surface area contributed by atoms with E-state index in [9.17, 15) is 9.90 Å². The maximum Gasteiger partial charge on any atom is 0.272 e. The van der Waals surface area contributed by atoms with Crippen molar-refractivity contribution < 1.29 is 9.90 Å². The lowest BCUT2D eigenvalue weighted by molar-refractivity contribution is -0.00219. The number of nitrogens with one attached hydrogen (secondary N) is 1. The molecule has 1 amide bonds. The molecule has 0 spiro atoms. The van der Waals surface area contributed by atoms with Gasteiger partial charge in [0.05, 0.1) is 17.5 Å². The zero-order chi connectivity index (χ0) is 13.2. The Bertz CT molecular complexity index is 418. The molecule has 1 aliphatic rings. The fourth-order valence-corrected chi connectivity index (χ4v) is 2.02. The minimum absolute atomic E-state index is 0.0619. The van der Waals surface area contributed by atoms with Gasteiger partial charge in [0.2, 0.25) is 0 Å². The van der Waals surface area contributed by atoms with Crippen molar-refractivity contribution in [2.45, 2.75) is 25.4 Å². The fourth-order valence-electron chi connectivity index (χ4n) is 2.02. The van der Waals surface area contributed by atoms with E-state index in [0.29, 0.717) is 31.6 Å². The van der Waals surface area contributed by atoms with Crippen LogP contribution < -0.4 is 5.32 Å². The van der Waals surface area contributed by atoms with Crippen molar-refractivity contribution in [3.63, 3.8) is 0 Å². The standard InChI is InChI=1S/C13H19N3O2/c1-13(18)5-7-16(8-6-13)12(17)11-4-3-10(14-2)9-15-11/h3-4,9,14,18H,5-8H2,1-2H3. The Morgan fingerprint density at radius 3 is 2.61 bits per heavy atom. The van der Waals surface area contributed by atoms with Gasteiger partial charge in [-0.25, -0.2) is 4.98 Å². The number of amides is 1. The number of nitrogens with zero attached hydrogens (tertiary/aromatic N) is 2. The van der Waals surface area contributed by atoms with Crippen LogP contribution >= 0.6 is 0 Å². The molecule has 5 heteroatoms. The van der Waals surface area contributed by atoms with Gasteiger partial charge in [-0.3, -0.25) is 4.79 Å². The van der Waals surface area contributed by atoms with E-state index >= 15 is 0 Å². The smallest absolute Gasteiger partial charge is 0.272 e. The molecule has 5 nitrogen and oxygen atoms in total. The number of likely N-dealkylation sites (tertiary alicyclic amines) is 1. The van der Waals surface area contributed by atoms with Crippen LogP contribution in [0.15, 0.2) is 18.3 Å². The highest BCUT2D eigenvalue weighted by molar-refractivity contribution is 5.92. The first-order chi connectivity index (χ1) is 8.52. The molecule has 2 rings (SSSR count). The van der Waals surface area contributed by atoms with E-state index in [1.54, 1.807) is 17.2 Å². The van der Waals surface area contributed by atoms with E-state index in [1.165, 1.54) is 0 Å². The molecule has 1 aromatic rings. The lowest BCUT2D eigenvalue weighted by Gasteiger charge is -2.35. The van der Waals surface area contributed by atoms with Crippen LogP contribution in [0.4, 0.5) is 5.69 Å². The van der Waals surface area contributed by atoms with Gasteiger partial charge in [-0.15, -0.1) is 0 Å². The molecule has 2 heterocycles. The molecular formula is C13H19N3O2. The Balaban J connectivity index is 2.03. The zero-order valence-corrected chi connectivity index (χ0v) is 10.8. The first kappa shape index (κ1) is 12.8. The summed E-state index contributed by atoms with van der Waals surface area (Å²) in [6, 6.07) is 3.56. The van der Waals surface area contributed by atoms with Crippen LogP contribution in [0, 0.1) is 0 Å². The molecule has 1 saturated heterocycles. The number of carbonyl (C=O) groups excluding carboxylic acids is 1. The van der Waals surface area contributed by atoms with Crippen molar-refractivity contribution in [2.24, 2.45) is 0 Å². The van der Waals surface area contributed by atoms with Crippen LogP contribution in [0.2, 0.25) is 0 Å². The van der Waals surface area contributed by atoms with Crippen LogP contribution in [0.5, 0.6) is 0 Å². The predicted octanol–water partition coefficient (Wildman–Crippen LogP) is 1.11. The van der Waals surface area contributed by atoms with Crippen molar-refractivity contribution in [1.82, 2.24) is 9.88 Å². The summed E-state index contributed by atoms with van der Waals surface area (Å²) in [6.07, 6.45) is 2.88. The van der Waals surface area contributed by atoms with E-state index < -0.39 is 5.60 Å². The molecule has 0 aliphatic carbocycles. The second kappa shape index (κ2) is 4.94. The first-order valence-electron chi connectivity index (χ1n) is 6.17. The Hall–Kier alpha value is -1.62. The molecule has 0 atom stereocenters. The minimum Gasteiger partial charge on any atom is -0.390 e. The summed E-state index contributed by atoms with van der Waals surface area (Å²) < 4.78 is 0. The van der Waals surface area contributed by atoms with Crippen LogP contribution in [0.3, 0.4) is 0 Å². The Labute approximate surface area is 107 Å². The Morgan fingerprint density at radius 1 is 1.44 bits per heavy atom. The fraction of sp³-hybridized carbons (Fsp3) is 0.538. The van der Waals surface area contributed by atoms with E-state index in [4.69, 9.17) is 0 Å². The second-order valence-corrected chi connectivity index (χ2v) is 4.97. The highest BCUT2D eigenvalue weighted by Crippen LogP contribution is 2.22.